The molecule has 0 aliphatic carbocycles. The van der Waals surface area contributed by atoms with E-state index in [0.717, 1.165) is 79.5 Å². The maximum absolute atomic E-state index is 13.2. The van der Waals surface area contributed by atoms with E-state index in [2.05, 4.69) is 26.3 Å². The van der Waals surface area contributed by atoms with Crippen LogP contribution in [0.4, 0.5) is 24.5 Å². The topological polar surface area (TPSA) is 100 Å². The molecule has 12 heteroatoms. The van der Waals surface area contributed by atoms with Gasteiger partial charge in [0.05, 0.1) is 40.7 Å². The maximum Gasteiger partial charge on any atom is 0.416 e. The molecule has 2 N–H and O–H groups in total. The summed E-state index contributed by atoms with van der Waals surface area (Å²) >= 11 is 0. The third-order valence-corrected chi connectivity index (χ3v) is 8.80. The Bertz CT molecular complexity index is 1800. The SMILES string of the molecule is O=C(O)c1ccc2c(c1)N(C[C@@H]1CCO1)C(=CN1CCC(c3cccc(OCc4ccnc5cc(C(F)(F)F)ccc45)n3)CC1)N2. The van der Waals surface area contributed by atoms with E-state index in [4.69, 9.17) is 14.5 Å². The molecule has 1 atom stereocenters. The fraction of sp³-hybridized carbons (Fsp3) is 0.324. The molecular formula is C34H32F3N5O4. The van der Waals surface area contributed by atoms with Gasteiger partial charge in [0.25, 0.3) is 0 Å². The molecule has 0 bridgehead atoms. The molecule has 2 saturated heterocycles. The van der Waals surface area contributed by atoms with Crippen molar-refractivity contribution in [3.8, 4) is 5.88 Å². The van der Waals surface area contributed by atoms with Gasteiger partial charge in [-0.1, -0.05) is 12.1 Å². The Labute approximate surface area is 263 Å². The first-order valence-electron chi connectivity index (χ1n) is 15.3. The van der Waals surface area contributed by atoms with E-state index >= 15 is 0 Å². The summed E-state index contributed by atoms with van der Waals surface area (Å²) in [6.45, 7) is 3.17. The molecule has 5 heterocycles. The number of anilines is 2. The number of carboxylic acids is 1. The van der Waals surface area contributed by atoms with E-state index in [0.29, 0.717) is 17.8 Å². The zero-order chi connectivity index (χ0) is 31.8. The van der Waals surface area contributed by atoms with Crippen molar-refractivity contribution in [1.82, 2.24) is 14.9 Å². The minimum Gasteiger partial charge on any atom is -0.478 e. The first-order chi connectivity index (χ1) is 22.2. The Morgan fingerprint density at radius 3 is 2.65 bits per heavy atom. The van der Waals surface area contributed by atoms with Gasteiger partial charge in [-0.2, -0.15) is 13.2 Å². The predicted octanol–water partition coefficient (Wildman–Crippen LogP) is 6.63. The highest BCUT2D eigenvalue weighted by atomic mass is 19.4. The Balaban J connectivity index is 1.00. The molecular weight excluding hydrogens is 599 g/mol. The van der Waals surface area contributed by atoms with Crippen LogP contribution in [0.15, 0.2) is 78.9 Å². The van der Waals surface area contributed by atoms with E-state index in [1.165, 1.54) is 12.3 Å². The van der Waals surface area contributed by atoms with Crippen LogP contribution < -0.4 is 15.0 Å². The normalized spacial score (nSPS) is 19.2. The van der Waals surface area contributed by atoms with Gasteiger partial charge in [0.1, 0.15) is 12.4 Å². The third-order valence-electron chi connectivity index (χ3n) is 8.80. The Morgan fingerprint density at radius 1 is 1.09 bits per heavy atom. The number of piperidine rings is 1. The van der Waals surface area contributed by atoms with Crippen LogP contribution in [0, 0.1) is 0 Å². The lowest BCUT2D eigenvalue weighted by Gasteiger charge is -2.34. The van der Waals surface area contributed by atoms with Gasteiger partial charge >= 0.3 is 12.1 Å². The monoisotopic (exact) mass is 631 g/mol. The smallest absolute Gasteiger partial charge is 0.416 e. The minimum atomic E-state index is -4.43. The maximum atomic E-state index is 13.2. The number of hydrogen-bond acceptors (Lipinski definition) is 8. The predicted molar refractivity (Wildman–Crippen MR) is 166 cm³/mol. The number of ether oxygens (including phenoxy) is 2. The number of likely N-dealkylation sites (tertiary alicyclic amines) is 1. The summed E-state index contributed by atoms with van der Waals surface area (Å²) < 4.78 is 51.2. The fourth-order valence-corrected chi connectivity index (χ4v) is 6.16. The number of hydrogen-bond donors (Lipinski definition) is 2. The van der Waals surface area contributed by atoms with Gasteiger partial charge in [0.2, 0.25) is 5.88 Å². The van der Waals surface area contributed by atoms with Crippen molar-refractivity contribution < 1.29 is 32.5 Å². The minimum absolute atomic E-state index is 0.107. The summed E-state index contributed by atoms with van der Waals surface area (Å²) in [6, 6.07) is 16.1. The highest BCUT2D eigenvalue weighted by molar-refractivity contribution is 5.93. The first-order valence-corrected chi connectivity index (χ1v) is 15.3. The van der Waals surface area contributed by atoms with Crippen LogP contribution in [-0.2, 0) is 17.5 Å². The lowest BCUT2D eigenvalue weighted by atomic mass is 9.93. The van der Waals surface area contributed by atoms with Crippen molar-refractivity contribution in [3.05, 3.63) is 101 Å². The van der Waals surface area contributed by atoms with Crippen molar-refractivity contribution in [2.75, 3.05) is 36.5 Å². The van der Waals surface area contributed by atoms with Crippen LogP contribution in [-0.4, -0.2) is 58.3 Å². The zero-order valence-electron chi connectivity index (χ0n) is 24.8. The zero-order valence-corrected chi connectivity index (χ0v) is 24.8. The van der Waals surface area contributed by atoms with Gasteiger partial charge in [-0.15, -0.1) is 0 Å². The summed E-state index contributed by atoms with van der Waals surface area (Å²) in [5.74, 6) is 0.644. The van der Waals surface area contributed by atoms with Gasteiger partial charge in [0, 0.05) is 60.7 Å². The average Bonchev–Trinajstić information content (AvgIpc) is 3.37. The molecule has 0 radical (unpaired) electrons. The number of fused-ring (bicyclic) bond motifs is 2. The number of aromatic carboxylic acids is 1. The second-order valence-corrected chi connectivity index (χ2v) is 11.8. The van der Waals surface area contributed by atoms with E-state index in [9.17, 15) is 23.1 Å². The molecule has 2 aromatic carbocycles. The molecule has 7 rings (SSSR count). The molecule has 46 heavy (non-hydrogen) atoms. The number of rotatable bonds is 8. The molecule has 0 saturated carbocycles. The molecule has 3 aliphatic rings. The van der Waals surface area contributed by atoms with Gasteiger partial charge in [-0.05, 0) is 61.7 Å². The van der Waals surface area contributed by atoms with E-state index < -0.39 is 17.7 Å². The van der Waals surface area contributed by atoms with Crippen molar-refractivity contribution in [3.63, 3.8) is 0 Å². The quantitative estimate of drug-likeness (QED) is 0.222. The average molecular weight is 632 g/mol. The van der Waals surface area contributed by atoms with Crippen molar-refractivity contribution in [2.24, 2.45) is 0 Å². The standard InChI is InChI=1S/C34H32F3N5O4/c35-34(36,37)24-5-6-26-23(8-12-38-29(26)17-24)20-46-32-3-1-2-27(40-32)21-9-13-41(14-10-21)19-31-39-28-7-4-22(33(43)44)16-30(28)42(31)18-25-11-15-45-25/h1-8,12,16-17,19,21,25,39H,9-11,13-15,18,20H2,(H,43,44)/t25-/m0/s1. The summed E-state index contributed by atoms with van der Waals surface area (Å²) in [4.78, 5) is 24.9. The van der Waals surface area contributed by atoms with Crippen LogP contribution in [0.1, 0.15) is 52.4 Å². The molecule has 9 nitrogen and oxygen atoms in total. The Hall–Kier alpha value is -4.84. The third kappa shape index (κ3) is 6.17. The number of halogens is 3. The van der Waals surface area contributed by atoms with Crippen LogP contribution in [0.5, 0.6) is 5.88 Å². The lowest BCUT2D eigenvalue weighted by Crippen LogP contribution is -2.40. The summed E-state index contributed by atoms with van der Waals surface area (Å²) in [6.07, 6.45) is 2.02. The number of carbonyl (C=O) groups is 1. The second kappa shape index (κ2) is 12.2. The first kappa shape index (κ1) is 29.8. The molecule has 3 aliphatic heterocycles. The molecule has 2 aromatic heterocycles. The van der Waals surface area contributed by atoms with E-state index in [1.807, 2.05) is 18.2 Å². The number of alkyl halides is 3. The Kier molecular flexibility index (Phi) is 7.89. The van der Waals surface area contributed by atoms with Crippen LogP contribution in [0.25, 0.3) is 10.9 Å². The fourth-order valence-electron chi connectivity index (χ4n) is 6.16. The van der Waals surface area contributed by atoms with E-state index in [1.54, 1.807) is 24.3 Å². The molecule has 0 spiro atoms. The summed E-state index contributed by atoms with van der Waals surface area (Å²) in [7, 11) is 0. The highest BCUT2D eigenvalue weighted by Gasteiger charge is 2.32. The number of aromatic nitrogens is 2. The highest BCUT2D eigenvalue weighted by Crippen LogP contribution is 2.39. The number of pyridine rings is 2. The van der Waals surface area contributed by atoms with Gasteiger partial charge in [0.15, 0.2) is 0 Å². The molecule has 238 valence electrons. The van der Waals surface area contributed by atoms with Crippen LogP contribution in [0.2, 0.25) is 0 Å². The Morgan fingerprint density at radius 2 is 1.91 bits per heavy atom. The van der Waals surface area contributed by atoms with Crippen molar-refractivity contribution >= 4 is 28.2 Å². The summed E-state index contributed by atoms with van der Waals surface area (Å²) in [5.41, 5.74) is 3.15. The largest absolute Gasteiger partial charge is 0.478 e. The number of nitrogens with one attached hydrogen (secondary N) is 1. The van der Waals surface area contributed by atoms with Crippen molar-refractivity contribution in [1.29, 1.82) is 0 Å². The molecule has 0 unspecified atom stereocenters. The molecule has 4 aromatic rings. The lowest BCUT2D eigenvalue weighted by molar-refractivity contribution is -0.137. The van der Waals surface area contributed by atoms with Gasteiger partial charge in [-0.3, -0.25) is 4.98 Å². The molecule has 0 amide bonds. The summed E-state index contributed by atoms with van der Waals surface area (Å²) in [5, 5.41) is 13.6. The van der Waals surface area contributed by atoms with E-state index in [-0.39, 0.29) is 29.7 Å². The van der Waals surface area contributed by atoms with Crippen LogP contribution >= 0.6 is 0 Å². The number of carboxylic acid groups (broad SMARTS) is 1. The number of benzene rings is 2. The van der Waals surface area contributed by atoms with Crippen molar-refractivity contribution in [2.45, 2.75) is 44.1 Å². The number of nitrogens with zero attached hydrogens (tertiary/aromatic N) is 4. The molecule has 2 fully saturated rings. The van der Waals surface area contributed by atoms with Crippen LogP contribution in [0.3, 0.4) is 0 Å². The van der Waals surface area contributed by atoms with Gasteiger partial charge < -0.3 is 29.7 Å². The second-order valence-electron chi connectivity index (χ2n) is 11.8. The van der Waals surface area contributed by atoms with Gasteiger partial charge in [-0.25, -0.2) is 9.78 Å².